The molecule has 0 saturated heterocycles. The number of nitrogens with zero attached hydrogens (tertiary/aromatic N) is 1. The standard InChI is InChI=1S/C20H22N2O6/c1-4-27-20(24)16-10-15(11-17(12-16)22(25)26)19(23)21-7-8-28-18-6-5-13(2)9-14(18)3/h5-6,9-12H,4,7-8H2,1-3H3,(H,21,23). The van der Waals surface area contributed by atoms with Crippen LogP contribution in [0.15, 0.2) is 36.4 Å². The lowest BCUT2D eigenvalue weighted by Crippen LogP contribution is -2.28. The Balaban J connectivity index is 2.02. The first-order chi connectivity index (χ1) is 13.3. The fraction of sp³-hybridized carbons (Fsp3) is 0.300. The fourth-order valence-electron chi connectivity index (χ4n) is 2.57. The minimum atomic E-state index is -0.724. The molecule has 0 aliphatic heterocycles. The molecule has 0 bridgehead atoms. The third kappa shape index (κ3) is 5.54. The van der Waals surface area contributed by atoms with Gasteiger partial charge in [0.05, 0.1) is 23.6 Å². The molecule has 0 radical (unpaired) electrons. The number of nitrogens with one attached hydrogen (secondary N) is 1. The Morgan fingerprint density at radius 3 is 2.46 bits per heavy atom. The van der Waals surface area contributed by atoms with Crippen LogP contribution in [0.25, 0.3) is 0 Å². The van der Waals surface area contributed by atoms with Gasteiger partial charge >= 0.3 is 5.97 Å². The largest absolute Gasteiger partial charge is 0.491 e. The minimum absolute atomic E-state index is 0.00349. The molecule has 0 spiro atoms. The second kappa shape index (κ2) is 9.50. The number of amides is 1. The van der Waals surface area contributed by atoms with Crippen molar-refractivity contribution in [3.8, 4) is 5.75 Å². The highest BCUT2D eigenvalue weighted by Gasteiger charge is 2.18. The highest BCUT2D eigenvalue weighted by Crippen LogP contribution is 2.19. The van der Waals surface area contributed by atoms with Gasteiger partial charge in [-0.3, -0.25) is 14.9 Å². The number of rotatable bonds is 8. The number of hydrogen-bond acceptors (Lipinski definition) is 6. The molecule has 8 nitrogen and oxygen atoms in total. The summed E-state index contributed by atoms with van der Waals surface area (Å²) >= 11 is 0. The predicted molar refractivity (Wildman–Crippen MR) is 103 cm³/mol. The van der Waals surface area contributed by atoms with E-state index in [2.05, 4.69) is 5.32 Å². The number of carbonyl (C=O) groups excluding carboxylic acids is 2. The lowest BCUT2D eigenvalue weighted by atomic mass is 10.1. The maximum absolute atomic E-state index is 12.3. The molecule has 0 aliphatic rings. The highest BCUT2D eigenvalue weighted by atomic mass is 16.6. The zero-order chi connectivity index (χ0) is 20.7. The second-order valence-electron chi connectivity index (χ2n) is 6.12. The molecule has 0 unspecified atom stereocenters. The number of ether oxygens (including phenoxy) is 2. The first kappa shape index (κ1) is 20.9. The third-order valence-electron chi connectivity index (χ3n) is 3.88. The van der Waals surface area contributed by atoms with E-state index in [1.807, 2.05) is 32.0 Å². The molecule has 0 fully saturated rings. The van der Waals surface area contributed by atoms with Crippen molar-refractivity contribution in [2.75, 3.05) is 19.8 Å². The number of esters is 1. The monoisotopic (exact) mass is 386 g/mol. The zero-order valence-corrected chi connectivity index (χ0v) is 16.0. The number of hydrogen-bond donors (Lipinski definition) is 1. The predicted octanol–water partition coefficient (Wildman–Crippen LogP) is 3.20. The molecule has 28 heavy (non-hydrogen) atoms. The Bertz CT molecular complexity index is 894. The fourth-order valence-corrected chi connectivity index (χ4v) is 2.57. The summed E-state index contributed by atoms with van der Waals surface area (Å²) in [6.07, 6.45) is 0. The van der Waals surface area contributed by atoms with Crippen molar-refractivity contribution in [3.05, 3.63) is 68.8 Å². The van der Waals surface area contributed by atoms with Crippen LogP contribution in [0.2, 0.25) is 0 Å². The number of nitro groups is 1. The molecule has 0 aliphatic carbocycles. The van der Waals surface area contributed by atoms with E-state index in [0.717, 1.165) is 29.0 Å². The Morgan fingerprint density at radius 2 is 1.82 bits per heavy atom. The first-order valence-electron chi connectivity index (χ1n) is 8.76. The SMILES string of the molecule is CCOC(=O)c1cc(C(=O)NCCOc2ccc(C)cc2C)cc([N+](=O)[O-])c1. The van der Waals surface area contributed by atoms with Gasteiger partial charge in [-0.15, -0.1) is 0 Å². The molecule has 2 aromatic rings. The summed E-state index contributed by atoms with van der Waals surface area (Å²) in [4.78, 5) is 34.6. The van der Waals surface area contributed by atoms with Crippen LogP contribution in [0.5, 0.6) is 5.75 Å². The highest BCUT2D eigenvalue weighted by molar-refractivity contribution is 5.99. The van der Waals surface area contributed by atoms with Gasteiger partial charge in [-0.1, -0.05) is 17.7 Å². The molecule has 0 saturated carbocycles. The molecule has 0 heterocycles. The molecule has 8 heteroatoms. The number of benzene rings is 2. The van der Waals surface area contributed by atoms with Crippen LogP contribution >= 0.6 is 0 Å². The van der Waals surface area contributed by atoms with Crippen LogP contribution < -0.4 is 10.1 Å². The molecule has 0 aromatic heterocycles. The van der Waals surface area contributed by atoms with Crippen molar-refractivity contribution in [3.63, 3.8) is 0 Å². The Hall–Kier alpha value is -3.42. The quantitative estimate of drug-likeness (QED) is 0.323. The van der Waals surface area contributed by atoms with E-state index in [-0.39, 0.29) is 36.6 Å². The van der Waals surface area contributed by atoms with Gasteiger partial charge in [-0.05, 0) is 38.5 Å². The summed E-state index contributed by atoms with van der Waals surface area (Å²) in [6.45, 7) is 6.10. The summed E-state index contributed by atoms with van der Waals surface area (Å²) in [7, 11) is 0. The minimum Gasteiger partial charge on any atom is -0.491 e. The van der Waals surface area contributed by atoms with Crippen molar-refractivity contribution in [2.45, 2.75) is 20.8 Å². The zero-order valence-electron chi connectivity index (χ0n) is 16.0. The van der Waals surface area contributed by atoms with Crippen LogP contribution in [0, 0.1) is 24.0 Å². The number of carbonyl (C=O) groups is 2. The molecule has 1 N–H and O–H groups in total. The number of aryl methyl sites for hydroxylation is 2. The smallest absolute Gasteiger partial charge is 0.338 e. The summed E-state index contributed by atoms with van der Waals surface area (Å²) < 4.78 is 10.5. The molecule has 2 rings (SSSR count). The second-order valence-corrected chi connectivity index (χ2v) is 6.12. The normalized spacial score (nSPS) is 10.2. The Labute approximate surface area is 162 Å². The van der Waals surface area contributed by atoms with Gasteiger partial charge in [0.2, 0.25) is 0 Å². The Morgan fingerprint density at radius 1 is 1.11 bits per heavy atom. The van der Waals surface area contributed by atoms with Crippen molar-refractivity contribution in [2.24, 2.45) is 0 Å². The maximum Gasteiger partial charge on any atom is 0.338 e. The van der Waals surface area contributed by atoms with E-state index in [9.17, 15) is 19.7 Å². The van der Waals surface area contributed by atoms with E-state index < -0.39 is 16.8 Å². The van der Waals surface area contributed by atoms with Crippen LogP contribution in [0.1, 0.15) is 38.8 Å². The van der Waals surface area contributed by atoms with Crippen LogP contribution in [0.4, 0.5) is 5.69 Å². The van der Waals surface area contributed by atoms with Gasteiger partial charge in [0.15, 0.2) is 0 Å². The van der Waals surface area contributed by atoms with Gasteiger partial charge in [0, 0.05) is 17.7 Å². The molecule has 2 aromatic carbocycles. The van der Waals surface area contributed by atoms with E-state index in [1.165, 1.54) is 6.07 Å². The van der Waals surface area contributed by atoms with Gasteiger partial charge < -0.3 is 14.8 Å². The van der Waals surface area contributed by atoms with Crippen LogP contribution in [-0.2, 0) is 4.74 Å². The summed E-state index contributed by atoms with van der Waals surface area (Å²) in [5.41, 5.74) is 1.71. The Kier molecular flexibility index (Phi) is 7.08. The first-order valence-corrected chi connectivity index (χ1v) is 8.76. The van der Waals surface area contributed by atoms with Crippen molar-refractivity contribution in [1.29, 1.82) is 0 Å². The van der Waals surface area contributed by atoms with Crippen molar-refractivity contribution in [1.82, 2.24) is 5.32 Å². The lowest BCUT2D eigenvalue weighted by Gasteiger charge is -2.11. The summed E-state index contributed by atoms with van der Waals surface area (Å²) in [5.74, 6) is -0.545. The van der Waals surface area contributed by atoms with E-state index in [0.29, 0.717) is 0 Å². The third-order valence-corrected chi connectivity index (χ3v) is 3.88. The average molecular weight is 386 g/mol. The number of nitro benzene ring substituents is 1. The lowest BCUT2D eigenvalue weighted by molar-refractivity contribution is -0.384. The van der Waals surface area contributed by atoms with Crippen LogP contribution in [-0.4, -0.2) is 36.6 Å². The molecular formula is C20H22N2O6. The van der Waals surface area contributed by atoms with E-state index in [4.69, 9.17) is 9.47 Å². The van der Waals surface area contributed by atoms with Gasteiger partial charge in [0.1, 0.15) is 12.4 Å². The molecule has 0 atom stereocenters. The maximum atomic E-state index is 12.3. The van der Waals surface area contributed by atoms with Crippen molar-refractivity contribution >= 4 is 17.6 Å². The summed E-state index contributed by atoms with van der Waals surface area (Å²) in [5, 5.41) is 13.7. The molecule has 148 valence electrons. The molecule has 1 amide bonds. The van der Waals surface area contributed by atoms with Crippen molar-refractivity contribution < 1.29 is 24.0 Å². The van der Waals surface area contributed by atoms with Gasteiger partial charge in [0.25, 0.3) is 11.6 Å². The average Bonchev–Trinajstić information content (AvgIpc) is 2.66. The molecular weight excluding hydrogens is 364 g/mol. The van der Waals surface area contributed by atoms with E-state index >= 15 is 0 Å². The summed E-state index contributed by atoms with van der Waals surface area (Å²) in [6, 6.07) is 9.25. The topological polar surface area (TPSA) is 108 Å². The van der Waals surface area contributed by atoms with Gasteiger partial charge in [-0.25, -0.2) is 4.79 Å². The van der Waals surface area contributed by atoms with Crippen LogP contribution in [0.3, 0.4) is 0 Å². The van der Waals surface area contributed by atoms with E-state index in [1.54, 1.807) is 6.92 Å². The van der Waals surface area contributed by atoms with Gasteiger partial charge in [-0.2, -0.15) is 0 Å². The number of non-ortho nitro benzene ring substituents is 1.